The highest BCUT2D eigenvalue weighted by atomic mass is 19.2. The lowest BCUT2D eigenvalue weighted by Crippen LogP contribution is -2.22. The number of carbonyl (C=O) groups excluding carboxylic acids is 1. The maximum atomic E-state index is 13.0. The minimum Gasteiger partial charge on any atom is -0.367 e. The van der Waals surface area contributed by atoms with Crippen molar-refractivity contribution in [2.45, 2.75) is 19.4 Å². The van der Waals surface area contributed by atoms with Crippen molar-refractivity contribution in [2.75, 3.05) is 0 Å². The fourth-order valence-corrected chi connectivity index (χ4v) is 1.71. The number of hydrogen-bond acceptors (Lipinski definition) is 1. The number of halogens is 2. The van der Waals surface area contributed by atoms with Gasteiger partial charge < -0.3 is 10.3 Å². The van der Waals surface area contributed by atoms with Crippen molar-refractivity contribution in [1.29, 1.82) is 0 Å². The first-order chi connectivity index (χ1) is 9.15. The van der Waals surface area contributed by atoms with Crippen molar-refractivity contribution in [3.05, 3.63) is 59.4 Å². The molecular weight excluding hydrogens is 250 g/mol. The van der Waals surface area contributed by atoms with E-state index in [0.29, 0.717) is 18.5 Å². The molecule has 0 bridgehead atoms. The van der Waals surface area contributed by atoms with Gasteiger partial charge >= 0.3 is 0 Å². The number of aromatic amines is 1. The van der Waals surface area contributed by atoms with Gasteiger partial charge in [0, 0.05) is 25.4 Å². The second-order valence-electron chi connectivity index (χ2n) is 4.24. The summed E-state index contributed by atoms with van der Waals surface area (Å²) in [6.07, 6.45) is 4.21. The predicted molar refractivity (Wildman–Crippen MR) is 67.3 cm³/mol. The van der Waals surface area contributed by atoms with Crippen molar-refractivity contribution in [2.24, 2.45) is 0 Å². The number of carbonyl (C=O) groups is 1. The largest absolute Gasteiger partial charge is 0.367 e. The lowest BCUT2D eigenvalue weighted by molar-refractivity contribution is -0.121. The molecular formula is C14H14F2N2O. The maximum Gasteiger partial charge on any atom is 0.220 e. The normalized spacial score (nSPS) is 10.4. The van der Waals surface area contributed by atoms with E-state index in [2.05, 4.69) is 10.3 Å². The molecule has 0 unspecified atom stereocenters. The molecule has 0 saturated heterocycles. The molecule has 0 aliphatic carbocycles. The van der Waals surface area contributed by atoms with E-state index in [1.807, 2.05) is 6.07 Å². The zero-order valence-electron chi connectivity index (χ0n) is 10.2. The van der Waals surface area contributed by atoms with Crippen LogP contribution in [0.25, 0.3) is 0 Å². The van der Waals surface area contributed by atoms with Crippen molar-refractivity contribution >= 4 is 5.91 Å². The molecule has 3 nitrogen and oxygen atoms in total. The van der Waals surface area contributed by atoms with Crippen molar-refractivity contribution in [3.63, 3.8) is 0 Å². The van der Waals surface area contributed by atoms with Crippen LogP contribution in [0.2, 0.25) is 0 Å². The van der Waals surface area contributed by atoms with Gasteiger partial charge in [-0.05, 0) is 35.7 Å². The van der Waals surface area contributed by atoms with Crippen molar-refractivity contribution in [1.82, 2.24) is 10.3 Å². The van der Waals surface area contributed by atoms with E-state index in [0.717, 1.165) is 17.7 Å². The van der Waals surface area contributed by atoms with Gasteiger partial charge in [-0.2, -0.15) is 0 Å². The highest BCUT2D eigenvalue weighted by Gasteiger charge is 2.05. The molecule has 0 atom stereocenters. The zero-order valence-corrected chi connectivity index (χ0v) is 10.2. The molecule has 1 aromatic carbocycles. The summed E-state index contributed by atoms with van der Waals surface area (Å²) in [7, 11) is 0. The molecule has 100 valence electrons. The number of amides is 1. The van der Waals surface area contributed by atoms with Crippen LogP contribution in [-0.4, -0.2) is 10.9 Å². The zero-order chi connectivity index (χ0) is 13.7. The summed E-state index contributed by atoms with van der Waals surface area (Å²) < 4.78 is 25.7. The SMILES string of the molecule is O=C(CCc1ccc(F)c(F)c1)NCc1cc[nH]c1. The summed E-state index contributed by atoms with van der Waals surface area (Å²) >= 11 is 0. The predicted octanol–water partition coefficient (Wildman–Crippen LogP) is 2.54. The summed E-state index contributed by atoms with van der Waals surface area (Å²) in [4.78, 5) is 14.5. The van der Waals surface area contributed by atoms with Crippen molar-refractivity contribution in [3.8, 4) is 0 Å². The maximum absolute atomic E-state index is 13.0. The average molecular weight is 264 g/mol. The van der Waals surface area contributed by atoms with E-state index in [-0.39, 0.29) is 12.3 Å². The molecule has 0 fully saturated rings. The second kappa shape index (κ2) is 6.13. The van der Waals surface area contributed by atoms with E-state index in [1.165, 1.54) is 6.07 Å². The summed E-state index contributed by atoms with van der Waals surface area (Å²) in [6, 6.07) is 5.55. The smallest absolute Gasteiger partial charge is 0.220 e. The van der Waals surface area contributed by atoms with Crippen LogP contribution in [0.4, 0.5) is 8.78 Å². The van der Waals surface area contributed by atoms with Crippen LogP contribution in [-0.2, 0) is 17.8 Å². The number of aryl methyl sites for hydroxylation is 1. The van der Waals surface area contributed by atoms with Crippen LogP contribution in [0.15, 0.2) is 36.7 Å². The molecule has 2 N–H and O–H groups in total. The van der Waals surface area contributed by atoms with E-state index >= 15 is 0 Å². The molecule has 19 heavy (non-hydrogen) atoms. The highest BCUT2D eigenvalue weighted by molar-refractivity contribution is 5.76. The van der Waals surface area contributed by atoms with Gasteiger partial charge in [0.05, 0.1) is 0 Å². The van der Waals surface area contributed by atoms with Gasteiger partial charge in [0.25, 0.3) is 0 Å². The first-order valence-electron chi connectivity index (χ1n) is 5.97. The highest BCUT2D eigenvalue weighted by Crippen LogP contribution is 2.10. The Kier molecular flexibility index (Phi) is 4.28. The number of benzene rings is 1. The lowest BCUT2D eigenvalue weighted by atomic mass is 10.1. The minimum absolute atomic E-state index is 0.120. The van der Waals surface area contributed by atoms with E-state index in [4.69, 9.17) is 0 Å². The number of aromatic nitrogens is 1. The number of hydrogen-bond donors (Lipinski definition) is 2. The number of nitrogens with one attached hydrogen (secondary N) is 2. The average Bonchev–Trinajstić information content (AvgIpc) is 2.91. The van der Waals surface area contributed by atoms with Crippen LogP contribution in [0.5, 0.6) is 0 Å². The van der Waals surface area contributed by atoms with Gasteiger partial charge in [-0.25, -0.2) is 8.78 Å². The third-order valence-corrected chi connectivity index (χ3v) is 2.78. The Morgan fingerprint density at radius 3 is 2.68 bits per heavy atom. The molecule has 0 aliphatic heterocycles. The summed E-state index contributed by atoms with van der Waals surface area (Å²) in [6.45, 7) is 0.458. The molecule has 1 heterocycles. The minimum atomic E-state index is -0.884. The molecule has 2 rings (SSSR count). The summed E-state index contributed by atoms with van der Waals surface area (Å²) in [5, 5.41) is 2.75. The Labute approximate surface area is 109 Å². The van der Waals surface area contributed by atoms with Crippen LogP contribution >= 0.6 is 0 Å². The Hall–Kier alpha value is -2.17. The lowest BCUT2D eigenvalue weighted by Gasteiger charge is -2.04. The third-order valence-electron chi connectivity index (χ3n) is 2.78. The first-order valence-corrected chi connectivity index (χ1v) is 5.97. The van der Waals surface area contributed by atoms with Crippen LogP contribution < -0.4 is 5.32 Å². The van der Waals surface area contributed by atoms with Gasteiger partial charge in [0.2, 0.25) is 5.91 Å². The first kappa shape index (κ1) is 13.3. The summed E-state index contributed by atoms with van der Waals surface area (Å²) in [5.41, 5.74) is 1.59. The molecule has 0 spiro atoms. The Morgan fingerprint density at radius 2 is 2.00 bits per heavy atom. The summed E-state index contributed by atoms with van der Waals surface area (Å²) in [5.74, 6) is -1.88. The van der Waals surface area contributed by atoms with Crippen LogP contribution in [0.3, 0.4) is 0 Å². The number of H-pyrrole nitrogens is 1. The van der Waals surface area contributed by atoms with Gasteiger partial charge in [0.15, 0.2) is 11.6 Å². The standard InChI is InChI=1S/C14H14F2N2O/c15-12-3-1-10(7-13(12)16)2-4-14(19)18-9-11-5-6-17-8-11/h1,3,5-8,17H,2,4,9H2,(H,18,19). The Bertz CT molecular complexity index is 553. The second-order valence-corrected chi connectivity index (χ2v) is 4.24. The van der Waals surface area contributed by atoms with E-state index < -0.39 is 11.6 Å². The molecule has 5 heteroatoms. The third kappa shape index (κ3) is 3.91. The van der Waals surface area contributed by atoms with E-state index in [9.17, 15) is 13.6 Å². The molecule has 2 aromatic rings. The fraction of sp³-hybridized carbons (Fsp3) is 0.214. The topological polar surface area (TPSA) is 44.9 Å². The molecule has 1 aromatic heterocycles. The molecule has 0 saturated carbocycles. The van der Waals surface area contributed by atoms with Crippen molar-refractivity contribution < 1.29 is 13.6 Å². The quantitative estimate of drug-likeness (QED) is 0.856. The van der Waals surface area contributed by atoms with Crippen LogP contribution in [0.1, 0.15) is 17.5 Å². The van der Waals surface area contributed by atoms with Crippen LogP contribution in [0, 0.1) is 11.6 Å². The molecule has 0 aliphatic rings. The van der Waals surface area contributed by atoms with Gasteiger partial charge in [-0.1, -0.05) is 6.07 Å². The van der Waals surface area contributed by atoms with Gasteiger partial charge in [0.1, 0.15) is 0 Å². The van der Waals surface area contributed by atoms with Gasteiger partial charge in [-0.3, -0.25) is 4.79 Å². The Morgan fingerprint density at radius 1 is 1.16 bits per heavy atom. The fourth-order valence-electron chi connectivity index (χ4n) is 1.71. The monoisotopic (exact) mass is 264 g/mol. The molecule has 0 radical (unpaired) electrons. The Balaban J connectivity index is 1.78. The molecule has 1 amide bonds. The van der Waals surface area contributed by atoms with E-state index in [1.54, 1.807) is 12.4 Å². The number of rotatable bonds is 5. The van der Waals surface area contributed by atoms with Gasteiger partial charge in [-0.15, -0.1) is 0 Å².